The molecule has 0 fully saturated rings. The molecule has 1 unspecified atom stereocenters. The van der Waals surface area contributed by atoms with Crippen molar-refractivity contribution in [1.29, 1.82) is 0 Å². The zero-order valence-corrected chi connectivity index (χ0v) is 14.7. The van der Waals surface area contributed by atoms with Gasteiger partial charge < -0.3 is 10.1 Å². The summed E-state index contributed by atoms with van der Waals surface area (Å²) in [5, 5.41) is 16.1. The molecular formula is C15H23N7O3. The molecule has 0 saturated carbocycles. The first-order valence-electron chi connectivity index (χ1n) is 8.05. The number of aryl methyl sites for hydroxylation is 1. The Hall–Kier alpha value is -2.91. The highest BCUT2D eigenvalue weighted by molar-refractivity contribution is 5.88. The Labute approximate surface area is 145 Å². The molecule has 1 atom stereocenters. The maximum Gasteiger partial charge on any atom is 0.378 e. The highest BCUT2D eigenvalue weighted by Gasteiger charge is 2.22. The minimum Gasteiger partial charge on any atom is -0.460 e. The third kappa shape index (κ3) is 5.03. The van der Waals surface area contributed by atoms with Gasteiger partial charge in [-0.1, -0.05) is 13.8 Å². The van der Waals surface area contributed by atoms with E-state index in [2.05, 4.69) is 30.9 Å². The zero-order valence-electron chi connectivity index (χ0n) is 14.7. The number of nitrogens with zero attached hydrogens (tertiary/aromatic N) is 4. The van der Waals surface area contributed by atoms with E-state index in [9.17, 15) is 9.59 Å². The lowest BCUT2D eigenvalue weighted by atomic mass is 10.0. The second-order valence-corrected chi connectivity index (χ2v) is 5.89. The molecule has 136 valence electrons. The van der Waals surface area contributed by atoms with E-state index in [-0.39, 0.29) is 18.3 Å². The fraction of sp³-hybridized carbons (Fsp3) is 0.533. The van der Waals surface area contributed by atoms with Gasteiger partial charge in [0.2, 0.25) is 0 Å². The molecule has 0 saturated heterocycles. The number of amides is 2. The highest BCUT2D eigenvalue weighted by Crippen LogP contribution is 2.18. The van der Waals surface area contributed by atoms with Crippen LogP contribution in [0.2, 0.25) is 0 Å². The normalized spacial score (nSPS) is 12.0. The summed E-state index contributed by atoms with van der Waals surface area (Å²) in [6.45, 7) is 5.99. The van der Waals surface area contributed by atoms with E-state index in [0.717, 1.165) is 0 Å². The van der Waals surface area contributed by atoms with E-state index >= 15 is 0 Å². The van der Waals surface area contributed by atoms with Crippen molar-refractivity contribution in [3.05, 3.63) is 23.9 Å². The number of carbonyl (C=O) groups excluding carboxylic acids is 2. The lowest BCUT2D eigenvalue weighted by Crippen LogP contribution is -2.34. The number of anilines is 1. The molecule has 0 radical (unpaired) electrons. The zero-order chi connectivity index (χ0) is 18.4. The van der Waals surface area contributed by atoms with E-state index in [1.807, 2.05) is 13.8 Å². The van der Waals surface area contributed by atoms with Gasteiger partial charge in [0.15, 0.2) is 0 Å². The van der Waals surface area contributed by atoms with E-state index in [1.54, 1.807) is 30.9 Å². The quantitative estimate of drug-likeness (QED) is 0.652. The first-order chi connectivity index (χ1) is 11.9. The van der Waals surface area contributed by atoms with Crippen molar-refractivity contribution in [2.75, 3.05) is 11.9 Å². The first kappa shape index (κ1) is 18.4. The molecule has 10 nitrogen and oxygen atoms in total. The van der Waals surface area contributed by atoms with Crippen LogP contribution in [0.4, 0.5) is 10.6 Å². The number of urea groups is 1. The van der Waals surface area contributed by atoms with Gasteiger partial charge in [-0.05, 0) is 19.3 Å². The molecular weight excluding hydrogens is 326 g/mol. The number of aromatic nitrogens is 5. The maximum atomic E-state index is 12.3. The topological polar surface area (TPSA) is 127 Å². The second-order valence-electron chi connectivity index (χ2n) is 5.89. The Bertz CT molecular complexity index is 722. The molecule has 25 heavy (non-hydrogen) atoms. The lowest BCUT2D eigenvalue weighted by molar-refractivity contribution is 0.0512. The van der Waals surface area contributed by atoms with Gasteiger partial charge in [0.25, 0.3) is 5.82 Å². The van der Waals surface area contributed by atoms with Crippen LogP contribution in [0.5, 0.6) is 0 Å². The number of aromatic amines is 1. The molecule has 0 bridgehead atoms. The Kier molecular flexibility index (Phi) is 6.09. The largest absolute Gasteiger partial charge is 0.460 e. The summed E-state index contributed by atoms with van der Waals surface area (Å²) in [7, 11) is 1.73. The van der Waals surface area contributed by atoms with Gasteiger partial charge in [-0.2, -0.15) is 5.10 Å². The van der Waals surface area contributed by atoms with Crippen molar-refractivity contribution >= 4 is 17.8 Å². The Morgan fingerprint density at radius 2 is 2.16 bits per heavy atom. The number of carbonyl (C=O) groups is 2. The van der Waals surface area contributed by atoms with Crippen LogP contribution in [-0.2, 0) is 11.8 Å². The summed E-state index contributed by atoms with van der Waals surface area (Å²) in [4.78, 5) is 28.1. The molecule has 3 N–H and O–H groups in total. The molecule has 2 aromatic heterocycles. The standard InChI is InChI=1S/C15H23N7O3/c1-5-25-14(23)13-19-12(20-21-13)10(8-9(2)3)17-15(24)18-11-6-7-16-22(11)4/h6-7,9-10H,5,8H2,1-4H3,(H2,17,18,24)(H,19,20,21). The monoisotopic (exact) mass is 349 g/mol. The Balaban J connectivity index is 2.09. The van der Waals surface area contributed by atoms with E-state index in [0.29, 0.717) is 18.1 Å². The maximum absolute atomic E-state index is 12.3. The number of H-pyrrole nitrogens is 1. The summed E-state index contributed by atoms with van der Waals surface area (Å²) < 4.78 is 6.42. The van der Waals surface area contributed by atoms with Gasteiger partial charge in [-0.3, -0.25) is 15.1 Å². The van der Waals surface area contributed by atoms with Crippen LogP contribution in [0.25, 0.3) is 0 Å². The number of esters is 1. The van der Waals surface area contributed by atoms with Gasteiger partial charge in [0.1, 0.15) is 11.6 Å². The van der Waals surface area contributed by atoms with Gasteiger partial charge in [-0.15, -0.1) is 5.10 Å². The van der Waals surface area contributed by atoms with E-state index in [1.165, 1.54) is 0 Å². The van der Waals surface area contributed by atoms with Crippen molar-refractivity contribution in [3.63, 3.8) is 0 Å². The summed E-state index contributed by atoms with van der Waals surface area (Å²) in [5.74, 6) is 0.590. The van der Waals surface area contributed by atoms with Crippen molar-refractivity contribution in [2.45, 2.75) is 33.2 Å². The first-order valence-corrected chi connectivity index (χ1v) is 8.05. The van der Waals surface area contributed by atoms with Crippen molar-refractivity contribution in [1.82, 2.24) is 30.3 Å². The van der Waals surface area contributed by atoms with Crippen molar-refractivity contribution in [2.24, 2.45) is 13.0 Å². The number of hydrogen-bond donors (Lipinski definition) is 3. The van der Waals surface area contributed by atoms with Crippen LogP contribution in [0, 0.1) is 5.92 Å². The van der Waals surface area contributed by atoms with Gasteiger partial charge in [0.05, 0.1) is 18.8 Å². The van der Waals surface area contributed by atoms with E-state index in [4.69, 9.17) is 4.74 Å². The van der Waals surface area contributed by atoms with Crippen LogP contribution in [-0.4, -0.2) is 43.6 Å². The molecule has 10 heteroatoms. The lowest BCUT2D eigenvalue weighted by Gasteiger charge is -2.18. The summed E-state index contributed by atoms with van der Waals surface area (Å²) in [5.41, 5.74) is 0. The third-order valence-corrected chi connectivity index (χ3v) is 3.37. The highest BCUT2D eigenvalue weighted by atomic mass is 16.5. The number of ether oxygens (including phenoxy) is 1. The molecule has 0 aromatic carbocycles. The summed E-state index contributed by atoms with van der Waals surface area (Å²) in [6, 6.07) is 0.858. The predicted octanol–water partition coefficient (Wildman–Crippen LogP) is 1.62. The van der Waals surface area contributed by atoms with Crippen LogP contribution in [0.1, 0.15) is 49.7 Å². The van der Waals surface area contributed by atoms with Crippen molar-refractivity contribution in [3.8, 4) is 0 Å². The average molecular weight is 349 g/mol. The number of nitrogens with one attached hydrogen (secondary N) is 3. The number of hydrogen-bond acceptors (Lipinski definition) is 6. The van der Waals surface area contributed by atoms with E-state index < -0.39 is 18.0 Å². The van der Waals surface area contributed by atoms with Gasteiger partial charge in [-0.25, -0.2) is 14.6 Å². The SMILES string of the molecule is CCOC(=O)c1n[nH]c(C(CC(C)C)NC(=O)Nc2ccnn2C)n1. The third-order valence-electron chi connectivity index (χ3n) is 3.37. The van der Waals surface area contributed by atoms with Crippen LogP contribution >= 0.6 is 0 Å². The smallest absolute Gasteiger partial charge is 0.378 e. The summed E-state index contributed by atoms with van der Waals surface area (Å²) in [6.07, 6.45) is 2.21. The molecule has 2 aromatic rings. The summed E-state index contributed by atoms with van der Waals surface area (Å²) >= 11 is 0. The Morgan fingerprint density at radius 1 is 1.40 bits per heavy atom. The predicted molar refractivity (Wildman–Crippen MR) is 89.9 cm³/mol. The molecule has 0 aliphatic carbocycles. The van der Waals surface area contributed by atoms with Gasteiger partial charge >= 0.3 is 12.0 Å². The molecule has 0 aliphatic rings. The minimum atomic E-state index is -0.604. The second kappa shape index (κ2) is 8.27. The van der Waals surface area contributed by atoms with Crippen LogP contribution in [0.15, 0.2) is 12.3 Å². The molecule has 0 spiro atoms. The number of rotatable bonds is 7. The molecule has 2 amide bonds. The van der Waals surface area contributed by atoms with Gasteiger partial charge in [0, 0.05) is 13.1 Å². The Morgan fingerprint density at radius 3 is 2.76 bits per heavy atom. The molecule has 2 heterocycles. The van der Waals surface area contributed by atoms with Crippen LogP contribution in [0.3, 0.4) is 0 Å². The molecule has 2 rings (SSSR count). The average Bonchev–Trinajstić information content (AvgIpc) is 3.16. The minimum absolute atomic E-state index is 0.0561. The van der Waals surface area contributed by atoms with Crippen molar-refractivity contribution < 1.29 is 14.3 Å². The fourth-order valence-corrected chi connectivity index (χ4v) is 2.23. The molecule has 0 aliphatic heterocycles. The fourth-order valence-electron chi connectivity index (χ4n) is 2.23. The van der Waals surface area contributed by atoms with Crippen LogP contribution < -0.4 is 10.6 Å².